The van der Waals surface area contributed by atoms with E-state index in [9.17, 15) is 0 Å². The number of aryl methyl sites for hydroxylation is 1. The third-order valence-electron chi connectivity index (χ3n) is 2.86. The number of nitrogens with one attached hydrogen (secondary N) is 1. The quantitative estimate of drug-likeness (QED) is 0.783. The fourth-order valence-corrected chi connectivity index (χ4v) is 2.39. The Bertz CT molecular complexity index is 491. The maximum Gasteiger partial charge on any atom is 0.0415 e. The average Bonchev–Trinajstić information content (AvgIpc) is 2.85. The SMILES string of the molecule is CCCn1ccc(CNc2cccc(SC)c2)c1. The molecule has 96 valence electrons. The summed E-state index contributed by atoms with van der Waals surface area (Å²) in [4.78, 5) is 1.29. The van der Waals surface area contributed by atoms with Crippen LogP contribution in [0.25, 0.3) is 0 Å². The molecule has 2 nitrogen and oxygen atoms in total. The van der Waals surface area contributed by atoms with Gasteiger partial charge in [0, 0.05) is 36.1 Å². The first kappa shape index (κ1) is 13.1. The van der Waals surface area contributed by atoms with Gasteiger partial charge in [-0.05, 0) is 42.5 Å². The Labute approximate surface area is 113 Å². The fraction of sp³-hybridized carbons (Fsp3) is 0.333. The summed E-state index contributed by atoms with van der Waals surface area (Å²) in [7, 11) is 0. The van der Waals surface area contributed by atoms with Crippen molar-refractivity contribution in [2.24, 2.45) is 0 Å². The summed E-state index contributed by atoms with van der Waals surface area (Å²) >= 11 is 1.77. The predicted octanol–water partition coefficient (Wildman–Crippen LogP) is 4.23. The zero-order valence-corrected chi connectivity index (χ0v) is 11.8. The summed E-state index contributed by atoms with van der Waals surface area (Å²) in [6, 6.07) is 10.7. The van der Waals surface area contributed by atoms with Crippen molar-refractivity contribution in [2.45, 2.75) is 31.3 Å². The number of benzene rings is 1. The first-order valence-corrected chi connectivity index (χ1v) is 7.57. The predicted molar refractivity (Wildman–Crippen MR) is 80.3 cm³/mol. The molecule has 0 radical (unpaired) electrons. The van der Waals surface area contributed by atoms with Gasteiger partial charge in [-0.2, -0.15) is 0 Å². The second-order valence-electron chi connectivity index (χ2n) is 4.34. The molecule has 0 fully saturated rings. The first-order valence-electron chi connectivity index (χ1n) is 6.34. The van der Waals surface area contributed by atoms with Gasteiger partial charge in [0.1, 0.15) is 0 Å². The summed E-state index contributed by atoms with van der Waals surface area (Å²) < 4.78 is 2.25. The molecule has 0 aliphatic carbocycles. The van der Waals surface area contributed by atoms with Crippen molar-refractivity contribution in [3.63, 3.8) is 0 Å². The lowest BCUT2D eigenvalue weighted by atomic mass is 10.3. The van der Waals surface area contributed by atoms with Crippen molar-refractivity contribution >= 4 is 17.4 Å². The molecule has 3 heteroatoms. The van der Waals surface area contributed by atoms with Gasteiger partial charge in [0.15, 0.2) is 0 Å². The standard InChI is InChI=1S/C15H20N2S/c1-3-8-17-9-7-13(12-17)11-16-14-5-4-6-15(10-14)18-2/h4-7,9-10,12,16H,3,8,11H2,1-2H3. The van der Waals surface area contributed by atoms with E-state index >= 15 is 0 Å². The molecular weight excluding hydrogens is 240 g/mol. The molecule has 1 aromatic carbocycles. The van der Waals surface area contributed by atoms with Crippen LogP contribution in [-0.4, -0.2) is 10.8 Å². The highest BCUT2D eigenvalue weighted by Crippen LogP contribution is 2.19. The Morgan fingerprint density at radius 1 is 1.28 bits per heavy atom. The van der Waals surface area contributed by atoms with Crippen LogP contribution >= 0.6 is 11.8 Å². The van der Waals surface area contributed by atoms with Gasteiger partial charge in [-0.15, -0.1) is 11.8 Å². The topological polar surface area (TPSA) is 17.0 Å². The summed E-state index contributed by atoms with van der Waals surface area (Å²) in [5.74, 6) is 0. The normalized spacial score (nSPS) is 10.6. The van der Waals surface area contributed by atoms with Gasteiger partial charge in [-0.3, -0.25) is 0 Å². The Morgan fingerprint density at radius 2 is 2.17 bits per heavy atom. The Balaban J connectivity index is 1.93. The van der Waals surface area contributed by atoms with E-state index in [4.69, 9.17) is 0 Å². The van der Waals surface area contributed by atoms with E-state index in [1.54, 1.807) is 11.8 Å². The van der Waals surface area contributed by atoms with Crippen LogP contribution in [0.3, 0.4) is 0 Å². The minimum absolute atomic E-state index is 0.883. The average molecular weight is 260 g/mol. The molecule has 1 aromatic heterocycles. The second kappa shape index (κ2) is 6.55. The highest BCUT2D eigenvalue weighted by atomic mass is 32.2. The van der Waals surface area contributed by atoms with Gasteiger partial charge in [0.2, 0.25) is 0 Å². The summed E-state index contributed by atoms with van der Waals surface area (Å²) in [5.41, 5.74) is 2.52. The highest BCUT2D eigenvalue weighted by Gasteiger charge is 1.98. The van der Waals surface area contributed by atoms with Crippen molar-refractivity contribution < 1.29 is 0 Å². The zero-order chi connectivity index (χ0) is 12.8. The lowest BCUT2D eigenvalue weighted by molar-refractivity contribution is 0.682. The molecule has 0 saturated carbocycles. The summed E-state index contributed by atoms with van der Waals surface area (Å²) in [6.07, 6.45) is 7.65. The summed E-state index contributed by atoms with van der Waals surface area (Å²) in [5, 5.41) is 3.46. The number of anilines is 1. The van der Waals surface area contributed by atoms with Crippen molar-refractivity contribution in [1.29, 1.82) is 0 Å². The van der Waals surface area contributed by atoms with Gasteiger partial charge >= 0.3 is 0 Å². The van der Waals surface area contributed by atoms with E-state index in [0.29, 0.717) is 0 Å². The van der Waals surface area contributed by atoms with Crippen LogP contribution in [0.15, 0.2) is 47.6 Å². The molecule has 1 heterocycles. The number of aromatic nitrogens is 1. The minimum atomic E-state index is 0.883. The van der Waals surface area contributed by atoms with Gasteiger partial charge in [-0.25, -0.2) is 0 Å². The fourth-order valence-electron chi connectivity index (χ4n) is 1.93. The molecule has 0 amide bonds. The van der Waals surface area contributed by atoms with Gasteiger partial charge in [0.05, 0.1) is 0 Å². The number of rotatable bonds is 6. The van der Waals surface area contributed by atoms with Crippen LogP contribution in [0.5, 0.6) is 0 Å². The molecule has 1 N–H and O–H groups in total. The molecule has 18 heavy (non-hydrogen) atoms. The number of hydrogen-bond donors (Lipinski definition) is 1. The van der Waals surface area contributed by atoms with Crippen molar-refractivity contribution in [2.75, 3.05) is 11.6 Å². The second-order valence-corrected chi connectivity index (χ2v) is 5.22. The Kier molecular flexibility index (Phi) is 4.76. The van der Waals surface area contributed by atoms with E-state index in [-0.39, 0.29) is 0 Å². The lowest BCUT2D eigenvalue weighted by Gasteiger charge is -2.06. The molecule has 0 aliphatic heterocycles. The van der Waals surface area contributed by atoms with Crippen molar-refractivity contribution in [3.8, 4) is 0 Å². The third kappa shape index (κ3) is 3.57. The van der Waals surface area contributed by atoms with E-state index in [2.05, 4.69) is 65.8 Å². The summed E-state index contributed by atoms with van der Waals surface area (Å²) in [6.45, 7) is 4.18. The number of thioether (sulfide) groups is 1. The van der Waals surface area contributed by atoms with E-state index in [0.717, 1.165) is 13.1 Å². The highest BCUT2D eigenvalue weighted by molar-refractivity contribution is 7.98. The van der Waals surface area contributed by atoms with Crippen LogP contribution in [-0.2, 0) is 13.1 Å². The van der Waals surface area contributed by atoms with Crippen LogP contribution in [0.1, 0.15) is 18.9 Å². The molecule has 0 unspecified atom stereocenters. The van der Waals surface area contributed by atoms with E-state index in [1.807, 2.05) is 0 Å². The van der Waals surface area contributed by atoms with Crippen molar-refractivity contribution in [1.82, 2.24) is 4.57 Å². The van der Waals surface area contributed by atoms with Gasteiger partial charge in [0.25, 0.3) is 0 Å². The van der Waals surface area contributed by atoms with Crippen LogP contribution < -0.4 is 5.32 Å². The van der Waals surface area contributed by atoms with E-state index in [1.165, 1.54) is 22.6 Å². The largest absolute Gasteiger partial charge is 0.381 e. The molecule has 0 aliphatic rings. The first-order chi connectivity index (χ1) is 8.81. The molecule has 0 bridgehead atoms. The Morgan fingerprint density at radius 3 is 2.94 bits per heavy atom. The minimum Gasteiger partial charge on any atom is -0.381 e. The van der Waals surface area contributed by atoms with Gasteiger partial charge < -0.3 is 9.88 Å². The number of hydrogen-bond acceptors (Lipinski definition) is 2. The molecule has 0 saturated heterocycles. The number of nitrogens with zero attached hydrogens (tertiary/aromatic N) is 1. The third-order valence-corrected chi connectivity index (χ3v) is 3.59. The van der Waals surface area contributed by atoms with Crippen LogP contribution in [0, 0.1) is 0 Å². The van der Waals surface area contributed by atoms with Crippen LogP contribution in [0.2, 0.25) is 0 Å². The molecular formula is C15H20N2S. The maximum atomic E-state index is 3.46. The van der Waals surface area contributed by atoms with Crippen LogP contribution in [0.4, 0.5) is 5.69 Å². The van der Waals surface area contributed by atoms with Gasteiger partial charge in [-0.1, -0.05) is 13.0 Å². The monoisotopic (exact) mass is 260 g/mol. The zero-order valence-electron chi connectivity index (χ0n) is 11.0. The maximum absolute atomic E-state index is 3.46. The smallest absolute Gasteiger partial charge is 0.0415 e. The Hall–Kier alpha value is -1.35. The lowest BCUT2D eigenvalue weighted by Crippen LogP contribution is -1.98. The van der Waals surface area contributed by atoms with E-state index < -0.39 is 0 Å². The molecule has 0 spiro atoms. The van der Waals surface area contributed by atoms with Crippen molar-refractivity contribution in [3.05, 3.63) is 48.3 Å². The molecule has 2 aromatic rings. The molecule has 2 rings (SSSR count). The molecule has 0 atom stereocenters.